The van der Waals surface area contributed by atoms with Crippen molar-refractivity contribution in [3.63, 3.8) is 0 Å². The fourth-order valence-corrected chi connectivity index (χ4v) is 2.02. The average molecular weight is 285 g/mol. The molecule has 0 saturated heterocycles. The topological polar surface area (TPSA) is 63.6 Å². The smallest absolute Gasteiger partial charge is 0.361 e. The van der Waals surface area contributed by atoms with Gasteiger partial charge in [0.05, 0.1) is 0 Å². The third kappa shape index (κ3) is 3.22. The summed E-state index contributed by atoms with van der Waals surface area (Å²) in [6, 6.07) is 13.3. The number of hydrogen-bond donors (Lipinski definition) is 1. The Bertz CT molecular complexity index is 650. The van der Waals surface area contributed by atoms with Crippen LogP contribution in [0.5, 0.6) is 5.75 Å². The van der Waals surface area contributed by atoms with E-state index in [9.17, 15) is 8.42 Å². The van der Waals surface area contributed by atoms with Crippen LogP contribution in [0.25, 0.3) is 11.1 Å². The van der Waals surface area contributed by atoms with Crippen molar-refractivity contribution in [1.82, 2.24) is 0 Å². The zero-order valence-electron chi connectivity index (χ0n) is 9.08. The molecule has 2 aromatic rings. The van der Waals surface area contributed by atoms with Crippen molar-refractivity contribution in [2.45, 2.75) is 0 Å². The quantitative estimate of drug-likeness (QED) is 0.879. The first-order valence-corrected chi connectivity index (χ1v) is 6.72. The predicted molar refractivity (Wildman–Crippen MR) is 69.1 cm³/mol. The van der Waals surface area contributed by atoms with Gasteiger partial charge >= 0.3 is 10.4 Å². The molecule has 2 rings (SSSR count). The first kappa shape index (κ1) is 12.9. The lowest BCUT2D eigenvalue weighted by Crippen LogP contribution is -2.07. The Morgan fingerprint density at radius 3 is 2.22 bits per heavy atom. The maximum atomic E-state index is 10.8. The van der Waals surface area contributed by atoms with E-state index in [-0.39, 0.29) is 5.75 Å². The molecular weight excluding hydrogens is 276 g/mol. The largest absolute Gasteiger partial charge is 0.446 e. The molecule has 6 heteroatoms. The second-order valence-corrected chi connectivity index (χ2v) is 4.97. The van der Waals surface area contributed by atoms with E-state index in [1.54, 1.807) is 42.5 Å². The Morgan fingerprint density at radius 2 is 1.61 bits per heavy atom. The third-order valence-electron chi connectivity index (χ3n) is 2.24. The summed E-state index contributed by atoms with van der Waals surface area (Å²) in [5.41, 5.74) is 1.28. The van der Waals surface area contributed by atoms with Crippen LogP contribution in [0.3, 0.4) is 0 Å². The minimum absolute atomic E-state index is 0.0577. The lowest BCUT2D eigenvalue weighted by Gasteiger charge is -2.08. The zero-order chi connectivity index (χ0) is 13.2. The van der Waals surface area contributed by atoms with Gasteiger partial charge in [0.1, 0.15) is 0 Å². The van der Waals surface area contributed by atoms with Gasteiger partial charge in [-0.05, 0) is 23.8 Å². The van der Waals surface area contributed by atoms with E-state index in [0.29, 0.717) is 10.6 Å². The van der Waals surface area contributed by atoms with Crippen molar-refractivity contribution < 1.29 is 17.2 Å². The van der Waals surface area contributed by atoms with Crippen LogP contribution in [0, 0.1) is 0 Å². The van der Waals surface area contributed by atoms with E-state index in [1.165, 1.54) is 6.07 Å². The minimum atomic E-state index is -4.54. The predicted octanol–water partition coefficient (Wildman–Crippen LogP) is 3.19. The molecular formula is C12H9ClO4S. The van der Waals surface area contributed by atoms with Gasteiger partial charge in [0.2, 0.25) is 0 Å². The van der Waals surface area contributed by atoms with Gasteiger partial charge in [-0.15, -0.1) is 0 Å². The second kappa shape index (κ2) is 4.97. The first-order chi connectivity index (χ1) is 8.46. The van der Waals surface area contributed by atoms with Crippen LogP contribution < -0.4 is 4.18 Å². The maximum absolute atomic E-state index is 10.8. The summed E-state index contributed by atoms with van der Waals surface area (Å²) in [4.78, 5) is 0. The molecule has 94 valence electrons. The molecule has 0 spiro atoms. The standard InChI is InChI=1S/C12H9ClO4S/c13-10-7-5-9(6-8-10)11-3-1-2-4-12(11)17-18(14,15)16/h1-8H,(H,14,15,16). The van der Waals surface area contributed by atoms with Crippen molar-refractivity contribution in [2.75, 3.05) is 0 Å². The molecule has 0 atom stereocenters. The summed E-state index contributed by atoms with van der Waals surface area (Å²) in [7, 11) is -4.54. The monoisotopic (exact) mass is 284 g/mol. The summed E-state index contributed by atoms with van der Waals surface area (Å²) < 4.78 is 34.7. The summed E-state index contributed by atoms with van der Waals surface area (Å²) in [5, 5.41) is 0.576. The van der Waals surface area contributed by atoms with Gasteiger partial charge in [0.15, 0.2) is 5.75 Å². The van der Waals surface area contributed by atoms with Gasteiger partial charge in [-0.3, -0.25) is 4.55 Å². The molecule has 0 radical (unpaired) electrons. The van der Waals surface area contributed by atoms with Gasteiger partial charge in [-0.2, -0.15) is 8.42 Å². The maximum Gasteiger partial charge on any atom is 0.446 e. The molecule has 0 bridgehead atoms. The lowest BCUT2D eigenvalue weighted by molar-refractivity contribution is 0.387. The first-order valence-electron chi connectivity index (χ1n) is 4.97. The van der Waals surface area contributed by atoms with Crippen molar-refractivity contribution in [3.05, 3.63) is 53.6 Å². The van der Waals surface area contributed by atoms with Gasteiger partial charge in [0, 0.05) is 10.6 Å². The van der Waals surface area contributed by atoms with Crippen molar-refractivity contribution in [2.24, 2.45) is 0 Å². The third-order valence-corrected chi connectivity index (χ3v) is 2.88. The summed E-state index contributed by atoms with van der Waals surface area (Å²) >= 11 is 5.78. The highest BCUT2D eigenvalue weighted by Crippen LogP contribution is 2.31. The normalized spacial score (nSPS) is 11.2. The molecule has 0 aliphatic heterocycles. The molecule has 1 N–H and O–H groups in total. The Morgan fingerprint density at radius 1 is 1.00 bits per heavy atom. The van der Waals surface area contributed by atoms with Crippen LogP contribution in [-0.2, 0) is 10.4 Å². The van der Waals surface area contributed by atoms with Gasteiger partial charge < -0.3 is 4.18 Å². The number of rotatable bonds is 3. The Kier molecular flexibility index (Phi) is 3.56. The molecule has 0 amide bonds. The number of benzene rings is 2. The molecule has 4 nitrogen and oxygen atoms in total. The summed E-state index contributed by atoms with van der Waals surface area (Å²) in [6.07, 6.45) is 0. The molecule has 0 saturated carbocycles. The number of hydrogen-bond acceptors (Lipinski definition) is 3. The van der Waals surface area contributed by atoms with Crippen LogP contribution in [0.2, 0.25) is 5.02 Å². The van der Waals surface area contributed by atoms with E-state index < -0.39 is 10.4 Å². The molecule has 2 aromatic carbocycles. The molecule has 0 aliphatic rings. The van der Waals surface area contributed by atoms with Crippen LogP contribution >= 0.6 is 11.6 Å². The number of para-hydroxylation sites is 1. The van der Waals surface area contributed by atoms with E-state index in [2.05, 4.69) is 4.18 Å². The summed E-state index contributed by atoms with van der Waals surface area (Å²) in [5.74, 6) is 0.0577. The fraction of sp³-hybridized carbons (Fsp3) is 0. The highest BCUT2D eigenvalue weighted by molar-refractivity contribution is 7.81. The Hall–Kier alpha value is -1.56. The van der Waals surface area contributed by atoms with E-state index >= 15 is 0 Å². The molecule has 0 unspecified atom stereocenters. The van der Waals surface area contributed by atoms with E-state index in [1.807, 2.05) is 0 Å². The van der Waals surface area contributed by atoms with E-state index in [4.69, 9.17) is 16.2 Å². The molecule has 18 heavy (non-hydrogen) atoms. The minimum Gasteiger partial charge on any atom is -0.361 e. The van der Waals surface area contributed by atoms with Crippen LogP contribution in [0.15, 0.2) is 48.5 Å². The van der Waals surface area contributed by atoms with Crippen molar-refractivity contribution >= 4 is 22.0 Å². The average Bonchev–Trinajstić information content (AvgIpc) is 2.29. The van der Waals surface area contributed by atoms with Gasteiger partial charge in [-0.25, -0.2) is 0 Å². The molecule has 0 fully saturated rings. The number of halogens is 1. The van der Waals surface area contributed by atoms with Crippen molar-refractivity contribution in [1.29, 1.82) is 0 Å². The van der Waals surface area contributed by atoms with Crippen LogP contribution in [0.1, 0.15) is 0 Å². The molecule has 0 aliphatic carbocycles. The molecule has 0 heterocycles. The Labute approximate surface area is 110 Å². The van der Waals surface area contributed by atoms with Gasteiger partial charge in [-0.1, -0.05) is 41.9 Å². The summed E-state index contributed by atoms with van der Waals surface area (Å²) in [6.45, 7) is 0. The van der Waals surface area contributed by atoms with Crippen molar-refractivity contribution in [3.8, 4) is 16.9 Å². The van der Waals surface area contributed by atoms with Crippen LogP contribution in [0.4, 0.5) is 0 Å². The SMILES string of the molecule is O=S(=O)(O)Oc1ccccc1-c1ccc(Cl)cc1. The second-order valence-electron chi connectivity index (χ2n) is 3.51. The molecule has 0 aromatic heterocycles. The zero-order valence-corrected chi connectivity index (χ0v) is 10.6. The fourth-order valence-electron chi connectivity index (χ4n) is 1.52. The highest BCUT2D eigenvalue weighted by atomic mass is 35.5. The van der Waals surface area contributed by atoms with Crippen LogP contribution in [-0.4, -0.2) is 13.0 Å². The van der Waals surface area contributed by atoms with Gasteiger partial charge in [0.25, 0.3) is 0 Å². The Balaban J connectivity index is 2.48. The highest BCUT2D eigenvalue weighted by Gasteiger charge is 2.12. The van der Waals surface area contributed by atoms with E-state index in [0.717, 1.165) is 5.56 Å². The lowest BCUT2D eigenvalue weighted by atomic mass is 10.1.